The number of rotatable bonds is 5. The smallest absolute Gasteiger partial charge is 0.402 e. The van der Waals surface area contributed by atoms with Gasteiger partial charge in [0.1, 0.15) is 6.54 Å². The van der Waals surface area contributed by atoms with Gasteiger partial charge in [-0.25, -0.2) is 4.79 Å². The van der Waals surface area contributed by atoms with Gasteiger partial charge in [0.2, 0.25) is 0 Å². The van der Waals surface area contributed by atoms with Gasteiger partial charge in [-0.1, -0.05) is 15.9 Å². The van der Waals surface area contributed by atoms with E-state index >= 15 is 0 Å². The lowest BCUT2D eigenvalue weighted by Crippen LogP contribution is -2.37. The van der Waals surface area contributed by atoms with Crippen LogP contribution in [-0.2, 0) is 10.2 Å². The maximum absolute atomic E-state index is 11.9. The van der Waals surface area contributed by atoms with Gasteiger partial charge in [-0.2, -0.15) is 26.3 Å². The summed E-state index contributed by atoms with van der Waals surface area (Å²) in [7, 11) is -4.54. The first-order chi connectivity index (χ1) is 9.00. The molecule has 0 amide bonds. The molecule has 0 bridgehead atoms. The molecule has 0 heterocycles. The SMILES string of the molecule is O=C(O)c1ccc(Br)cc1NS(=O)(=O)NCC(F)(F)F. The van der Waals surface area contributed by atoms with Gasteiger partial charge >= 0.3 is 12.1 Å². The summed E-state index contributed by atoms with van der Waals surface area (Å²) in [6.45, 7) is -1.77. The topological polar surface area (TPSA) is 95.5 Å². The van der Waals surface area contributed by atoms with Gasteiger partial charge in [-0.05, 0) is 18.2 Å². The molecular weight excluding hydrogens is 369 g/mol. The van der Waals surface area contributed by atoms with Crippen molar-refractivity contribution in [2.45, 2.75) is 6.18 Å². The first-order valence-corrected chi connectivity index (χ1v) is 7.15. The molecule has 0 aliphatic heterocycles. The summed E-state index contributed by atoms with van der Waals surface area (Å²) in [6, 6.07) is 3.58. The minimum Gasteiger partial charge on any atom is -0.478 e. The second kappa shape index (κ2) is 5.97. The molecule has 3 N–H and O–H groups in total. The van der Waals surface area contributed by atoms with Crippen molar-refractivity contribution in [3.8, 4) is 0 Å². The van der Waals surface area contributed by atoms with E-state index in [-0.39, 0.29) is 5.69 Å². The van der Waals surface area contributed by atoms with Gasteiger partial charge < -0.3 is 5.11 Å². The van der Waals surface area contributed by atoms with E-state index < -0.39 is 34.5 Å². The summed E-state index contributed by atoms with van der Waals surface area (Å²) in [5.41, 5.74) is -0.757. The highest BCUT2D eigenvalue weighted by Crippen LogP contribution is 2.22. The molecule has 11 heteroatoms. The van der Waals surface area contributed by atoms with Crippen molar-refractivity contribution >= 4 is 37.8 Å². The van der Waals surface area contributed by atoms with Gasteiger partial charge in [0, 0.05) is 4.47 Å². The Balaban J connectivity index is 2.97. The monoisotopic (exact) mass is 376 g/mol. The molecule has 0 atom stereocenters. The normalized spacial score (nSPS) is 12.2. The number of halogens is 4. The fourth-order valence-electron chi connectivity index (χ4n) is 1.15. The number of carboxylic acids is 1. The van der Waals surface area contributed by atoms with Crippen molar-refractivity contribution in [2.24, 2.45) is 0 Å². The molecule has 112 valence electrons. The Kier molecular flexibility index (Phi) is 5.00. The Labute approximate surface area is 120 Å². The van der Waals surface area contributed by atoms with Crippen molar-refractivity contribution in [3.63, 3.8) is 0 Å². The number of carboxylic acid groups (broad SMARTS) is 1. The lowest BCUT2D eigenvalue weighted by molar-refractivity contribution is -0.121. The van der Waals surface area contributed by atoms with E-state index in [9.17, 15) is 26.4 Å². The molecule has 1 aromatic rings. The highest BCUT2D eigenvalue weighted by Gasteiger charge is 2.29. The van der Waals surface area contributed by atoms with Crippen LogP contribution in [0.1, 0.15) is 10.4 Å². The van der Waals surface area contributed by atoms with E-state index in [1.807, 2.05) is 0 Å². The standard InChI is InChI=1S/C9H8BrF3N2O4S/c10-5-1-2-6(8(16)17)7(3-5)15-20(18,19)14-4-9(11,12)13/h1-3,14-15H,4H2,(H,16,17). The molecular formula is C9H8BrF3N2O4S. The molecule has 0 fully saturated rings. The van der Waals surface area contributed by atoms with Gasteiger partial charge in [-0.3, -0.25) is 4.72 Å². The molecule has 1 aromatic carbocycles. The van der Waals surface area contributed by atoms with Crippen molar-refractivity contribution in [3.05, 3.63) is 28.2 Å². The van der Waals surface area contributed by atoms with E-state index in [2.05, 4.69) is 15.9 Å². The lowest BCUT2D eigenvalue weighted by Gasteiger charge is -2.13. The van der Waals surface area contributed by atoms with E-state index in [4.69, 9.17) is 5.11 Å². The minimum atomic E-state index is -4.72. The van der Waals surface area contributed by atoms with E-state index in [0.717, 1.165) is 12.1 Å². The van der Waals surface area contributed by atoms with Crippen LogP contribution in [0.3, 0.4) is 0 Å². The first kappa shape index (κ1) is 16.7. The summed E-state index contributed by atoms with van der Waals surface area (Å²) in [5, 5.41) is 8.86. The van der Waals surface area contributed by atoms with Crippen molar-refractivity contribution in [1.29, 1.82) is 0 Å². The fraction of sp³-hybridized carbons (Fsp3) is 0.222. The third-order valence-corrected chi connectivity index (χ3v) is 3.43. The number of alkyl halides is 3. The Morgan fingerprint density at radius 3 is 2.45 bits per heavy atom. The predicted octanol–water partition coefficient (Wildman–Crippen LogP) is 1.96. The number of hydrogen-bond acceptors (Lipinski definition) is 3. The van der Waals surface area contributed by atoms with Crippen molar-refractivity contribution in [1.82, 2.24) is 4.72 Å². The molecule has 0 unspecified atom stereocenters. The van der Waals surface area contributed by atoms with Crippen LogP contribution in [0.5, 0.6) is 0 Å². The van der Waals surface area contributed by atoms with Crippen LogP contribution < -0.4 is 9.44 Å². The number of aromatic carboxylic acids is 1. The van der Waals surface area contributed by atoms with Crippen LogP contribution in [-0.4, -0.2) is 32.2 Å². The molecule has 6 nitrogen and oxygen atoms in total. The molecule has 1 rings (SSSR count). The maximum Gasteiger partial charge on any atom is 0.402 e. The predicted molar refractivity (Wildman–Crippen MR) is 67.7 cm³/mol. The summed E-state index contributed by atoms with van der Waals surface area (Å²) in [5.74, 6) is -1.42. The molecule has 0 aliphatic carbocycles. The zero-order valence-electron chi connectivity index (χ0n) is 9.53. The van der Waals surface area contributed by atoms with Gasteiger partial charge in [0.15, 0.2) is 0 Å². The summed E-state index contributed by atoms with van der Waals surface area (Å²) in [4.78, 5) is 10.9. The van der Waals surface area contributed by atoms with Crippen LogP contribution in [0.2, 0.25) is 0 Å². The van der Waals surface area contributed by atoms with E-state index in [1.165, 1.54) is 10.8 Å². The molecule has 0 saturated carbocycles. The number of anilines is 1. The van der Waals surface area contributed by atoms with Crippen LogP contribution in [0, 0.1) is 0 Å². The van der Waals surface area contributed by atoms with Crippen LogP contribution >= 0.6 is 15.9 Å². The van der Waals surface area contributed by atoms with Gasteiger partial charge in [0.25, 0.3) is 10.2 Å². The average Bonchev–Trinajstić information content (AvgIpc) is 2.24. The van der Waals surface area contributed by atoms with E-state index in [1.54, 1.807) is 4.72 Å². The van der Waals surface area contributed by atoms with Crippen LogP contribution in [0.25, 0.3) is 0 Å². The second-order valence-corrected chi connectivity index (χ2v) is 5.95. The van der Waals surface area contributed by atoms with Crippen LogP contribution in [0.15, 0.2) is 22.7 Å². The highest BCUT2D eigenvalue weighted by atomic mass is 79.9. The molecule has 0 spiro atoms. The second-order valence-electron chi connectivity index (χ2n) is 3.54. The quantitative estimate of drug-likeness (QED) is 0.731. The largest absolute Gasteiger partial charge is 0.478 e. The fourth-order valence-corrected chi connectivity index (χ4v) is 2.39. The number of benzene rings is 1. The van der Waals surface area contributed by atoms with Crippen LogP contribution in [0.4, 0.5) is 18.9 Å². The first-order valence-electron chi connectivity index (χ1n) is 4.87. The number of hydrogen-bond donors (Lipinski definition) is 3. The highest BCUT2D eigenvalue weighted by molar-refractivity contribution is 9.10. The molecule has 20 heavy (non-hydrogen) atoms. The molecule has 0 radical (unpaired) electrons. The third kappa shape index (κ3) is 5.35. The Morgan fingerprint density at radius 2 is 1.95 bits per heavy atom. The zero-order chi connectivity index (χ0) is 15.6. The summed E-state index contributed by atoms with van der Waals surface area (Å²) < 4.78 is 62.0. The Morgan fingerprint density at radius 1 is 1.35 bits per heavy atom. The molecule has 0 aliphatic rings. The molecule has 0 aromatic heterocycles. The minimum absolute atomic E-state index is 0.357. The Hall–Kier alpha value is -1.33. The average molecular weight is 377 g/mol. The third-order valence-electron chi connectivity index (χ3n) is 1.92. The maximum atomic E-state index is 11.9. The van der Waals surface area contributed by atoms with E-state index in [0.29, 0.717) is 4.47 Å². The lowest BCUT2D eigenvalue weighted by atomic mass is 10.2. The van der Waals surface area contributed by atoms with Crippen molar-refractivity contribution < 1.29 is 31.5 Å². The zero-order valence-corrected chi connectivity index (χ0v) is 11.9. The molecule has 0 saturated heterocycles. The number of nitrogens with one attached hydrogen (secondary N) is 2. The number of carbonyl (C=O) groups is 1. The van der Waals surface area contributed by atoms with Gasteiger partial charge in [-0.15, -0.1) is 0 Å². The van der Waals surface area contributed by atoms with Gasteiger partial charge in [0.05, 0.1) is 11.3 Å². The van der Waals surface area contributed by atoms with Crippen molar-refractivity contribution in [2.75, 3.05) is 11.3 Å². The summed E-state index contributed by atoms with van der Waals surface area (Å²) >= 11 is 3.00. The summed E-state index contributed by atoms with van der Waals surface area (Å²) in [6.07, 6.45) is -4.72. The Bertz CT molecular complexity index is 618.